The lowest BCUT2D eigenvalue weighted by Gasteiger charge is -2.14. The number of esters is 1. The van der Waals surface area contributed by atoms with E-state index >= 15 is 0 Å². The number of allylic oxidation sites excluding steroid dienone is 2. The molecule has 0 rings (SSSR count). The summed E-state index contributed by atoms with van der Waals surface area (Å²) in [6, 6.07) is 0. The molecule has 0 fully saturated rings. The molecule has 92 valence electrons. The van der Waals surface area contributed by atoms with Crippen molar-refractivity contribution in [3.8, 4) is 0 Å². The molecule has 0 aliphatic carbocycles. The van der Waals surface area contributed by atoms with Gasteiger partial charge in [0, 0.05) is 13.3 Å². The van der Waals surface area contributed by atoms with Gasteiger partial charge in [0.15, 0.2) is 0 Å². The summed E-state index contributed by atoms with van der Waals surface area (Å²) in [5.74, 6) is -0.182. The highest BCUT2D eigenvalue weighted by molar-refractivity contribution is 5.66. The molecule has 16 heavy (non-hydrogen) atoms. The maximum absolute atomic E-state index is 10.9. The molecule has 0 bridgehead atoms. The Balaban J connectivity index is 3.84. The highest BCUT2D eigenvalue weighted by Crippen LogP contribution is 2.11. The molecule has 0 saturated carbocycles. The normalized spacial score (nSPS) is 12.6. The first-order valence-corrected chi connectivity index (χ1v) is 6.13. The maximum Gasteiger partial charge on any atom is 0.302 e. The van der Waals surface area contributed by atoms with E-state index in [-0.39, 0.29) is 12.1 Å². The molecule has 2 nitrogen and oxygen atoms in total. The van der Waals surface area contributed by atoms with Crippen molar-refractivity contribution in [3.05, 3.63) is 24.8 Å². The zero-order chi connectivity index (χ0) is 12.2. The number of hydrogen-bond donors (Lipinski definition) is 0. The van der Waals surface area contributed by atoms with Crippen molar-refractivity contribution in [1.29, 1.82) is 0 Å². The topological polar surface area (TPSA) is 26.3 Å². The Hall–Kier alpha value is -1.05. The van der Waals surface area contributed by atoms with E-state index in [4.69, 9.17) is 4.74 Å². The van der Waals surface area contributed by atoms with Gasteiger partial charge in [-0.3, -0.25) is 4.79 Å². The predicted octanol–water partition coefficient (Wildman–Crippen LogP) is 4.02. The standard InChI is InChI=1S/C14H24O2/c1-4-6-8-10-12-14(16-13(3)15)11-9-7-5-2/h4,7,9,14H,1,5-6,8,10-12H2,2-3H3/b9-7+. The minimum atomic E-state index is -0.182. The summed E-state index contributed by atoms with van der Waals surface area (Å²) < 4.78 is 5.26. The third-order valence-corrected chi connectivity index (χ3v) is 2.32. The summed E-state index contributed by atoms with van der Waals surface area (Å²) in [5.41, 5.74) is 0. The molecule has 0 amide bonds. The number of carbonyl (C=O) groups is 1. The van der Waals surface area contributed by atoms with Gasteiger partial charge in [-0.15, -0.1) is 6.58 Å². The van der Waals surface area contributed by atoms with Gasteiger partial charge in [0.05, 0.1) is 0 Å². The van der Waals surface area contributed by atoms with E-state index < -0.39 is 0 Å². The zero-order valence-corrected chi connectivity index (χ0v) is 10.6. The predicted molar refractivity (Wildman–Crippen MR) is 68.3 cm³/mol. The second-order valence-corrected chi connectivity index (χ2v) is 3.92. The van der Waals surface area contributed by atoms with E-state index in [1.165, 1.54) is 6.92 Å². The van der Waals surface area contributed by atoms with Crippen LogP contribution in [0.4, 0.5) is 0 Å². The second kappa shape index (κ2) is 10.5. The monoisotopic (exact) mass is 224 g/mol. The van der Waals surface area contributed by atoms with Crippen LogP contribution >= 0.6 is 0 Å². The van der Waals surface area contributed by atoms with Crippen LogP contribution in [0.2, 0.25) is 0 Å². The van der Waals surface area contributed by atoms with Crippen LogP contribution in [0.25, 0.3) is 0 Å². The van der Waals surface area contributed by atoms with Crippen molar-refractivity contribution in [2.75, 3.05) is 0 Å². The third kappa shape index (κ3) is 9.50. The Morgan fingerprint density at radius 1 is 1.38 bits per heavy atom. The molecule has 1 unspecified atom stereocenters. The number of hydrogen-bond acceptors (Lipinski definition) is 2. The second-order valence-electron chi connectivity index (χ2n) is 3.92. The van der Waals surface area contributed by atoms with E-state index in [2.05, 4.69) is 25.7 Å². The fourth-order valence-electron chi connectivity index (χ4n) is 1.53. The average Bonchev–Trinajstić information content (AvgIpc) is 2.23. The SMILES string of the molecule is C=CCCCCC(C/C=C/CC)OC(C)=O. The Kier molecular flexibility index (Phi) is 9.78. The molecule has 0 aromatic rings. The van der Waals surface area contributed by atoms with E-state index in [1.807, 2.05) is 6.08 Å². The van der Waals surface area contributed by atoms with Crippen molar-refractivity contribution >= 4 is 5.97 Å². The van der Waals surface area contributed by atoms with Gasteiger partial charge in [0.1, 0.15) is 6.10 Å². The smallest absolute Gasteiger partial charge is 0.302 e. The van der Waals surface area contributed by atoms with Crippen LogP contribution in [0, 0.1) is 0 Å². The summed E-state index contributed by atoms with van der Waals surface area (Å²) in [7, 11) is 0. The lowest BCUT2D eigenvalue weighted by atomic mass is 10.1. The van der Waals surface area contributed by atoms with Gasteiger partial charge in [-0.05, 0) is 32.1 Å². The molecule has 0 aromatic carbocycles. The fourth-order valence-corrected chi connectivity index (χ4v) is 1.53. The van der Waals surface area contributed by atoms with E-state index in [0.29, 0.717) is 0 Å². The first-order valence-electron chi connectivity index (χ1n) is 6.13. The largest absolute Gasteiger partial charge is 0.462 e. The number of ether oxygens (including phenoxy) is 1. The summed E-state index contributed by atoms with van der Waals surface area (Å²) in [6.45, 7) is 7.26. The minimum absolute atomic E-state index is 0.0464. The molecule has 0 N–H and O–H groups in total. The van der Waals surface area contributed by atoms with Crippen LogP contribution in [0.15, 0.2) is 24.8 Å². The number of rotatable bonds is 9. The van der Waals surface area contributed by atoms with Crippen LogP contribution in [-0.4, -0.2) is 12.1 Å². The van der Waals surface area contributed by atoms with E-state index in [0.717, 1.165) is 38.5 Å². The van der Waals surface area contributed by atoms with Crippen LogP contribution < -0.4 is 0 Å². The maximum atomic E-state index is 10.9. The molecular weight excluding hydrogens is 200 g/mol. The molecule has 0 heterocycles. The van der Waals surface area contributed by atoms with Gasteiger partial charge >= 0.3 is 5.97 Å². The summed E-state index contributed by atoms with van der Waals surface area (Å²) in [4.78, 5) is 10.9. The molecule has 0 spiro atoms. The highest BCUT2D eigenvalue weighted by atomic mass is 16.5. The Morgan fingerprint density at radius 2 is 2.12 bits per heavy atom. The summed E-state index contributed by atoms with van der Waals surface area (Å²) >= 11 is 0. The lowest BCUT2D eigenvalue weighted by molar-refractivity contribution is -0.146. The van der Waals surface area contributed by atoms with E-state index in [9.17, 15) is 4.79 Å². The molecule has 1 atom stereocenters. The van der Waals surface area contributed by atoms with Gasteiger partial charge in [-0.2, -0.15) is 0 Å². The first kappa shape index (κ1) is 14.9. The Morgan fingerprint density at radius 3 is 2.69 bits per heavy atom. The van der Waals surface area contributed by atoms with Gasteiger partial charge in [0.25, 0.3) is 0 Å². The van der Waals surface area contributed by atoms with Crippen molar-refractivity contribution < 1.29 is 9.53 Å². The van der Waals surface area contributed by atoms with Crippen molar-refractivity contribution in [2.24, 2.45) is 0 Å². The number of carbonyl (C=O) groups excluding carboxylic acids is 1. The Labute approximate surface area is 99.4 Å². The van der Waals surface area contributed by atoms with Crippen LogP contribution in [0.5, 0.6) is 0 Å². The highest BCUT2D eigenvalue weighted by Gasteiger charge is 2.09. The molecular formula is C14H24O2. The molecule has 0 aliphatic heterocycles. The molecule has 0 aromatic heterocycles. The average molecular weight is 224 g/mol. The van der Waals surface area contributed by atoms with Crippen molar-refractivity contribution in [1.82, 2.24) is 0 Å². The first-order chi connectivity index (χ1) is 7.70. The third-order valence-electron chi connectivity index (χ3n) is 2.32. The van der Waals surface area contributed by atoms with Gasteiger partial charge in [-0.1, -0.05) is 25.2 Å². The van der Waals surface area contributed by atoms with Gasteiger partial charge < -0.3 is 4.74 Å². The van der Waals surface area contributed by atoms with Crippen molar-refractivity contribution in [3.63, 3.8) is 0 Å². The lowest BCUT2D eigenvalue weighted by Crippen LogP contribution is -2.15. The van der Waals surface area contributed by atoms with Crippen LogP contribution in [0.1, 0.15) is 52.4 Å². The number of unbranched alkanes of at least 4 members (excludes halogenated alkanes) is 2. The van der Waals surface area contributed by atoms with E-state index in [1.54, 1.807) is 0 Å². The summed E-state index contributed by atoms with van der Waals surface area (Å²) in [6.07, 6.45) is 12.2. The van der Waals surface area contributed by atoms with Crippen molar-refractivity contribution in [2.45, 2.75) is 58.5 Å². The fraction of sp³-hybridized carbons (Fsp3) is 0.643. The van der Waals surface area contributed by atoms with Gasteiger partial charge in [0.2, 0.25) is 0 Å². The molecule has 0 saturated heterocycles. The van der Waals surface area contributed by atoms with Gasteiger partial charge in [-0.25, -0.2) is 0 Å². The summed E-state index contributed by atoms with van der Waals surface area (Å²) in [5, 5.41) is 0. The molecule has 2 heteroatoms. The Bertz CT molecular complexity index is 219. The zero-order valence-electron chi connectivity index (χ0n) is 10.6. The molecule has 0 radical (unpaired) electrons. The van der Waals surface area contributed by atoms with Crippen LogP contribution in [-0.2, 0) is 9.53 Å². The molecule has 0 aliphatic rings. The van der Waals surface area contributed by atoms with Crippen LogP contribution in [0.3, 0.4) is 0 Å². The minimum Gasteiger partial charge on any atom is -0.462 e. The quantitative estimate of drug-likeness (QED) is 0.336.